The average Bonchev–Trinajstić information content (AvgIpc) is 2.92. The molecule has 122 valence electrons. The number of aromatic nitrogens is 2. The van der Waals surface area contributed by atoms with Crippen LogP contribution in [0.4, 0.5) is 5.82 Å². The molecule has 1 amide bonds. The summed E-state index contributed by atoms with van der Waals surface area (Å²) in [5.41, 5.74) is 2.92. The monoisotopic (exact) mass is 315 g/mol. The zero-order valence-corrected chi connectivity index (χ0v) is 13.6. The maximum absolute atomic E-state index is 12.1. The Labute approximate surface area is 135 Å². The number of aryl methyl sites for hydroxylation is 1. The normalized spacial score (nSPS) is 16.7. The summed E-state index contributed by atoms with van der Waals surface area (Å²) >= 11 is 0. The number of nitrogens with zero attached hydrogens (tertiary/aromatic N) is 1. The molecule has 1 unspecified atom stereocenters. The Kier molecular flexibility index (Phi) is 4.23. The number of para-hydroxylation sites is 1. The predicted molar refractivity (Wildman–Crippen MR) is 87.2 cm³/mol. The Hall–Kier alpha value is -2.50. The van der Waals surface area contributed by atoms with Crippen LogP contribution in [0.25, 0.3) is 0 Å². The topological polar surface area (TPSA) is 76.2 Å². The number of benzene rings is 1. The number of H-pyrrole nitrogens is 1. The van der Waals surface area contributed by atoms with Gasteiger partial charge in [0, 0.05) is 29.2 Å². The first kappa shape index (κ1) is 15.4. The fourth-order valence-electron chi connectivity index (χ4n) is 3.02. The van der Waals surface area contributed by atoms with E-state index < -0.39 is 0 Å². The minimum atomic E-state index is -0.0977. The van der Waals surface area contributed by atoms with Crippen molar-refractivity contribution in [3.05, 3.63) is 35.0 Å². The first-order valence-corrected chi connectivity index (χ1v) is 7.80. The maximum Gasteiger partial charge on any atom is 0.226 e. The van der Waals surface area contributed by atoms with Gasteiger partial charge in [-0.3, -0.25) is 9.89 Å². The first-order chi connectivity index (χ1) is 11.2. The molecule has 0 radical (unpaired) electrons. The third-order valence-electron chi connectivity index (χ3n) is 4.05. The molecular formula is C17H21N3O3. The smallest absolute Gasteiger partial charge is 0.226 e. The number of carbonyl (C=O) groups excluding carboxylic acids is 1. The molecule has 0 saturated carbocycles. The van der Waals surface area contributed by atoms with Gasteiger partial charge in [0.1, 0.15) is 0 Å². The number of methoxy groups -OCH3 is 1. The molecular weight excluding hydrogens is 294 g/mol. The van der Waals surface area contributed by atoms with Gasteiger partial charge in [0.25, 0.3) is 0 Å². The minimum Gasteiger partial charge on any atom is -0.493 e. The van der Waals surface area contributed by atoms with Crippen LogP contribution >= 0.6 is 0 Å². The van der Waals surface area contributed by atoms with Crippen molar-refractivity contribution in [1.29, 1.82) is 0 Å². The van der Waals surface area contributed by atoms with Crippen LogP contribution in [0.3, 0.4) is 0 Å². The second-order valence-corrected chi connectivity index (χ2v) is 5.64. The highest BCUT2D eigenvalue weighted by Crippen LogP contribution is 2.44. The number of carbonyl (C=O) groups is 1. The fraction of sp³-hybridized carbons (Fsp3) is 0.412. The van der Waals surface area contributed by atoms with E-state index in [1.54, 1.807) is 7.11 Å². The molecule has 6 nitrogen and oxygen atoms in total. The molecule has 1 aromatic carbocycles. The molecule has 0 spiro atoms. The summed E-state index contributed by atoms with van der Waals surface area (Å²) in [7, 11) is 1.63. The molecule has 0 saturated heterocycles. The fourth-order valence-corrected chi connectivity index (χ4v) is 3.02. The number of hydrogen-bond acceptors (Lipinski definition) is 4. The zero-order chi connectivity index (χ0) is 16.4. The van der Waals surface area contributed by atoms with Crippen molar-refractivity contribution in [3.8, 4) is 11.5 Å². The van der Waals surface area contributed by atoms with E-state index in [9.17, 15) is 4.79 Å². The van der Waals surface area contributed by atoms with Crippen molar-refractivity contribution in [2.75, 3.05) is 19.0 Å². The van der Waals surface area contributed by atoms with Crippen molar-refractivity contribution in [2.24, 2.45) is 0 Å². The third-order valence-corrected chi connectivity index (χ3v) is 4.05. The summed E-state index contributed by atoms with van der Waals surface area (Å²) in [6.45, 7) is 4.62. The first-order valence-electron chi connectivity index (χ1n) is 7.80. The van der Waals surface area contributed by atoms with E-state index in [2.05, 4.69) is 22.4 Å². The molecule has 23 heavy (non-hydrogen) atoms. The second kappa shape index (κ2) is 6.32. The molecule has 6 heteroatoms. The van der Waals surface area contributed by atoms with E-state index >= 15 is 0 Å². The molecule has 2 heterocycles. The molecule has 1 aromatic heterocycles. The number of ether oxygens (including phenoxy) is 2. The molecule has 3 rings (SSSR count). The van der Waals surface area contributed by atoms with Crippen molar-refractivity contribution in [3.63, 3.8) is 0 Å². The Bertz CT molecular complexity index is 724. The quantitative estimate of drug-likeness (QED) is 0.889. The minimum absolute atomic E-state index is 0.0433. The Morgan fingerprint density at radius 3 is 2.96 bits per heavy atom. The van der Waals surface area contributed by atoms with Crippen molar-refractivity contribution in [1.82, 2.24) is 10.2 Å². The number of anilines is 1. The standard InChI is InChI=1S/C17H21N3O3/c1-4-8-23-16-11(6-5-7-13(16)22-3)12-9-14(21)18-17-15(12)10(2)19-20-17/h5-7,12H,4,8-9H2,1-3H3,(H2,18,19,20,21). The van der Waals surface area contributed by atoms with Gasteiger partial charge in [-0.1, -0.05) is 19.1 Å². The Balaban J connectivity index is 2.11. The lowest BCUT2D eigenvalue weighted by atomic mass is 9.85. The lowest BCUT2D eigenvalue weighted by molar-refractivity contribution is -0.116. The van der Waals surface area contributed by atoms with Crippen LogP contribution in [0.2, 0.25) is 0 Å². The predicted octanol–water partition coefficient (Wildman–Crippen LogP) is 2.99. The molecule has 1 aliphatic rings. The summed E-state index contributed by atoms with van der Waals surface area (Å²) in [6.07, 6.45) is 1.27. The lowest BCUT2D eigenvalue weighted by Gasteiger charge is -2.25. The van der Waals surface area contributed by atoms with Crippen molar-refractivity contribution in [2.45, 2.75) is 32.6 Å². The lowest BCUT2D eigenvalue weighted by Crippen LogP contribution is -2.24. The number of rotatable bonds is 5. The van der Waals surface area contributed by atoms with E-state index in [0.29, 0.717) is 30.3 Å². The molecule has 2 N–H and O–H groups in total. The molecule has 2 aromatic rings. The highest BCUT2D eigenvalue weighted by Gasteiger charge is 2.33. The van der Waals surface area contributed by atoms with Gasteiger partial charge in [-0.2, -0.15) is 5.10 Å². The highest BCUT2D eigenvalue weighted by atomic mass is 16.5. The molecule has 1 aliphatic heterocycles. The second-order valence-electron chi connectivity index (χ2n) is 5.64. The number of fused-ring (bicyclic) bond motifs is 1. The summed E-state index contributed by atoms with van der Waals surface area (Å²) in [4.78, 5) is 12.1. The number of nitrogens with one attached hydrogen (secondary N) is 2. The summed E-state index contributed by atoms with van der Waals surface area (Å²) < 4.78 is 11.4. The van der Waals surface area contributed by atoms with E-state index in [1.165, 1.54) is 0 Å². The van der Waals surface area contributed by atoms with Crippen LogP contribution < -0.4 is 14.8 Å². The Morgan fingerprint density at radius 1 is 1.39 bits per heavy atom. The third kappa shape index (κ3) is 2.76. The Morgan fingerprint density at radius 2 is 2.22 bits per heavy atom. The van der Waals surface area contributed by atoms with Crippen molar-refractivity contribution < 1.29 is 14.3 Å². The van der Waals surface area contributed by atoms with Crippen LogP contribution in [0.5, 0.6) is 11.5 Å². The zero-order valence-electron chi connectivity index (χ0n) is 13.6. The SMILES string of the molecule is CCCOc1c(OC)cccc1C1CC(=O)Nc2n[nH]c(C)c21. The number of amides is 1. The van der Waals surface area contributed by atoms with Gasteiger partial charge in [0.15, 0.2) is 17.3 Å². The van der Waals surface area contributed by atoms with Gasteiger partial charge >= 0.3 is 0 Å². The van der Waals surface area contributed by atoms with E-state index in [0.717, 1.165) is 23.2 Å². The van der Waals surface area contributed by atoms with Gasteiger partial charge in [-0.25, -0.2) is 0 Å². The van der Waals surface area contributed by atoms with Crippen LogP contribution in [-0.4, -0.2) is 29.8 Å². The molecule has 0 bridgehead atoms. The van der Waals surface area contributed by atoms with Crippen LogP contribution in [0.1, 0.15) is 42.5 Å². The van der Waals surface area contributed by atoms with Gasteiger partial charge in [0.05, 0.1) is 13.7 Å². The van der Waals surface area contributed by atoms with Gasteiger partial charge < -0.3 is 14.8 Å². The van der Waals surface area contributed by atoms with E-state index in [4.69, 9.17) is 9.47 Å². The van der Waals surface area contributed by atoms with E-state index in [1.807, 2.05) is 25.1 Å². The van der Waals surface area contributed by atoms with Gasteiger partial charge in [-0.05, 0) is 19.4 Å². The summed E-state index contributed by atoms with van der Waals surface area (Å²) in [6, 6.07) is 5.79. The van der Waals surface area contributed by atoms with Crippen LogP contribution in [0, 0.1) is 6.92 Å². The van der Waals surface area contributed by atoms with Crippen molar-refractivity contribution >= 4 is 11.7 Å². The molecule has 0 aliphatic carbocycles. The number of aromatic amines is 1. The maximum atomic E-state index is 12.1. The highest BCUT2D eigenvalue weighted by molar-refractivity contribution is 5.94. The molecule has 1 atom stereocenters. The largest absolute Gasteiger partial charge is 0.493 e. The van der Waals surface area contributed by atoms with Crippen LogP contribution in [0.15, 0.2) is 18.2 Å². The van der Waals surface area contributed by atoms with E-state index in [-0.39, 0.29) is 11.8 Å². The average molecular weight is 315 g/mol. The van der Waals surface area contributed by atoms with Crippen LogP contribution in [-0.2, 0) is 4.79 Å². The molecule has 0 fully saturated rings. The van der Waals surface area contributed by atoms with Gasteiger partial charge in [0.2, 0.25) is 5.91 Å². The summed E-state index contributed by atoms with van der Waals surface area (Å²) in [5.74, 6) is 1.86. The summed E-state index contributed by atoms with van der Waals surface area (Å²) in [5, 5.41) is 9.96. The van der Waals surface area contributed by atoms with Gasteiger partial charge in [-0.15, -0.1) is 0 Å². The number of hydrogen-bond donors (Lipinski definition) is 2.